The Bertz CT molecular complexity index is 615. The summed E-state index contributed by atoms with van der Waals surface area (Å²) >= 11 is 0. The molecule has 1 aliphatic heterocycles. The third kappa shape index (κ3) is 4.61. The highest BCUT2D eigenvalue weighted by Gasteiger charge is 2.13. The molecule has 0 aliphatic carbocycles. The highest BCUT2D eigenvalue weighted by molar-refractivity contribution is 7.89. The fourth-order valence-electron chi connectivity index (χ4n) is 1.87. The van der Waals surface area contributed by atoms with E-state index in [0.717, 1.165) is 5.56 Å². The van der Waals surface area contributed by atoms with Crippen LogP contribution in [0.5, 0.6) is 11.5 Å². The zero-order valence-corrected chi connectivity index (χ0v) is 12.5. The van der Waals surface area contributed by atoms with Crippen molar-refractivity contribution in [2.45, 2.75) is 12.8 Å². The SMILES string of the molecule is CNS(=O)(=O)CCNC(=O)CCc1ccc2c(c1)OCO2. The van der Waals surface area contributed by atoms with Gasteiger partial charge in [0.15, 0.2) is 11.5 Å². The summed E-state index contributed by atoms with van der Waals surface area (Å²) < 4.78 is 35.0. The summed E-state index contributed by atoms with van der Waals surface area (Å²) in [5.41, 5.74) is 0.970. The van der Waals surface area contributed by atoms with Gasteiger partial charge in [0.2, 0.25) is 22.7 Å². The first kappa shape index (κ1) is 15.6. The van der Waals surface area contributed by atoms with Crippen LogP contribution in [-0.2, 0) is 21.2 Å². The minimum absolute atomic E-state index is 0.100. The summed E-state index contributed by atoms with van der Waals surface area (Å²) in [6.07, 6.45) is 0.848. The second-order valence-electron chi connectivity index (χ2n) is 4.56. The largest absolute Gasteiger partial charge is 0.454 e. The van der Waals surface area contributed by atoms with Crippen molar-refractivity contribution in [3.8, 4) is 11.5 Å². The molecule has 1 aromatic rings. The van der Waals surface area contributed by atoms with Crippen molar-refractivity contribution in [1.29, 1.82) is 0 Å². The number of hydrogen-bond donors (Lipinski definition) is 2. The van der Waals surface area contributed by atoms with Crippen molar-refractivity contribution < 1.29 is 22.7 Å². The molecule has 0 atom stereocenters. The second-order valence-corrected chi connectivity index (χ2v) is 6.61. The normalized spacial score (nSPS) is 13.2. The third-order valence-corrected chi connectivity index (χ3v) is 4.45. The maximum Gasteiger partial charge on any atom is 0.231 e. The van der Waals surface area contributed by atoms with E-state index < -0.39 is 10.0 Å². The molecule has 1 aliphatic rings. The first-order valence-corrected chi connectivity index (χ1v) is 8.22. The Morgan fingerprint density at radius 1 is 1.29 bits per heavy atom. The van der Waals surface area contributed by atoms with E-state index in [0.29, 0.717) is 24.3 Å². The van der Waals surface area contributed by atoms with Gasteiger partial charge in [-0.15, -0.1) is 0 Å². The summed E-state index contributed by atoms with van der Waals surface area (Å²) in [7, 11) is -1.94. The van der Waals surface area contributed by atoms with Gasteiger partial charge in [0.1, 0.15) is 0 Å². The molecule has 7 nitrogen and oxygen atoms in total. The minimum Gasteiger partial charge on any atom is -0.454 e. The zero-order valence-electron chi connectivity index (χ0n) is 11.7. The Labute approximate surface area is 123 Å². The van der Waals surface area contributed by atoms with Crippen LogP contribution in [0.1, 0.15) is 12.0 Å². The van der Waals surface area contributed by atoms with Gasteiger partial charge in [-0.05, 0) is 31.2 Å². The lowest BCUT2D eigenvalue weighted by Crippen LogP contribution is -2.33. The molecule has 116 valence electrons. The topological polar surface area (TPSA) is 93.7 Å². The van der Waals surface area contributed by atoms with Gasteiger partial charge in [-0.2, -0.15) is 0 Å². The van der Waals surface area contributed by atoms with Crippen LogP contribution in [-0.4, -0.2) is 40.5 Å². The monoisotopic (exact) mass is 314 g/mol. The molecule has 21 heavy (non-hydrogen) atoms. The number of rotatable bonds is 7. The molecule has 0 aromatic heterocycles. The van der Waals surface area contributed by atoms with Crippen molar-refractivity contribution in [3.05, 3.63) is 23.8 Å². The fraction of sp³-hybridized carbons (Fsp3) is 0.462. The first-order valence-electron chi connectivity index (χ1n) is 6.56. The lowest BCUT2D eigenvalue weighted by atomic mass is 10.1. The summed E-state index contributed by atoms with van der Waals surface area (Å²) in [5.74, 6) is 1.09. The molecule has 1 aromatic carbocycles. The Morgan fingerprint density at radius 3 is 2.81 bits per heavy atom. The number of nitrogens with one attached hydrogen (secondary N) is 2. The number of ether oxygens (including phenoxy) is 2. The number of fused-ring (bicyclic) bond motifs is 1. The van der Waals surface area contributed by atoms with Gasteiger partial charge < -0.3 is 14.8 Å². The first-order chi connectivity index (χ1) is 10.00. The highest BCUT2D eigenvalue weighted by atomic mass is 32.2. The van der Waals surface area contributed by atoms with Crippen LogP contribution in [0, 0.1) is 0 Å². The van der Waals surface area contributed by atoms with Crippen LogP contribution < -0.4 is 19.5 Å². The van der Waals surface area contributed by atoms with E-state index in [-0.39, 0.29) is 25.0 Å². The maximum absolute atomic E-state index is 11.6. The van der Waals surface area contributed by atoms with Gasteiger partial charge in [-0.3, -0.25) is 4.79 Å². The van der Waals surface area contributed by atoms with Gasteiger partial charge in [-0.25, -0.2) is 13.1 Å². The molecule has 2 N–H and O–H groups in total. The van der Waals surface area contributed by atoms with E-state index in [4.69, 9.17) is 9.47 Å². The Morgan fingerprint density at radius 2 is 2.05 bits per heavy atom. The molecular weight excluding hydrogens is 296 g/mol. The summed E-state index contributed by atoms with van der Waals surface area (Å²) in [6.45, 7) is 0.322. The fourth-order valence-corrected chi connectivity index (χ4v) is 2.44. The summed E-state index contributed by atoms with van der Waals surface area (Å²) in [4.78, 5) is 11.6. The standard InChI is InChI=1S/C13H18N2O5S/c1-14-21(17,18)7-6-15-13(16)5-3-10-2-4-11-12(8-10)20-9-19-11/h2,4,8,14H,3,5-7,9H2,1H3,(H,15,16). The summed E-state index contributed by atoms with van der Waals surface area (Å²) in [5, 5.41) is 2.58. The Kier molecular flexibility index (Phi) is 5.03. The van der Waals surface area contributed by atoms with Crippen molar-refractivity contribution in [1.82, 2.24) is 10.0 Å². The van der Waals surface area contributed by atoms with Crippen molar-refractivity contribution in [3.63, 3.8) is 0 Å². The molecule has 0 saturated heterocycles. The predicted molar refractivity (Wildman–Crippen MR) is 76.7 cm³/mol. The van der Waals surface area contributed by atoms with Gasteiger partial charge in [0, 0.05) is 13.0 Å². The number of amides is 1. The number of hydrogen-bond acceptors (Lipinski definition) is 5. The van der Waals surface area contributed by atoms with E-state index in [1.165, 1.54) is 7.05 Å². The second kappa shape index (κ2) is 6.77. The highest BCUT2D eigenvalue weighted by Crippen LogP contribution is 2.32. The average molecular weight is 314 g/mol. The minimum atomic E-state index is -3.28. The van der Waals surface area contributed by atoms with Gasteiger partial charge >= 0.3 is 0 Å². The van der Waals surface area contributed by atoms with Gasteiger partial charge in [-0.1, -0.05) is 6.07 Å². The summed E-state index contributed by atoms with van der Waals surface area (Å²) in [6, 6.07) is 5.54. The van der Waals surface area contributed by atoms with E-state index in [1.54, 1.807) is 0 Å². The molecule has 0 bridgehead atoms. The van der Waals surface area contributed by atoms with E-state index in [1.807, 2.05) is 18.2 Å². The quantitative estimate of drug-likeness (QED) is 0.739. The number of aryl methyl sites for hydroxylation is 1. The molecule has 0 saturated carbocycles. The lowest BCUT2D eigenvalue weighted by molar-refractivity contribution is -0.120. The van der Waals surface area contributed by atoms with Crippen LogP contribution in [0.2, 0.25) is 0 Å². The predicted octanol–water partition coefficient (Wildman–Crippen LogP) is 0.0133. The molecule has 8 heteroatoms. The van der Waals surface area contributed by atoms with Gasteiger partial charge in [0.05, 0.1) is 5.75 Å². The Hall–Kier alpha value is -1.80. The smallest absolute Gasteiger partial charge is 0.231 e. The van der Waals surface area contributed by atoms with Crippen LogP contribution in [0.4, 0.5) is 0 Å². The zero-order chi connectivity index (χ0) is 15.3. The van der Waals surface area contributed by atoms with Crippen LogP contribution in [0.25, 0.3) is 0 Å². The van der Waals surface area contributed by atoms with E-state index in [9.17, 15) is 13.2 Å². The number of sulfonamides is 1. The number of benzene rings is 1. The van der Waals surface area contributed by atoms with E-state index in [2.05, 4.69) is 10.0 Å². The molecule has 0 unspecified atom stereocenters. The van der Waals surface area contributed by atoms with E-state index >= 15 is 0 Å². The molecule has 0 radical (unpaired) electrons. The van der Waals surface area contributed by atoms with Crippen LogP contribution in [0.3, 0.4) is 0 Å². The molecule has 0 fully saturated rings. The van der Waals surface area contributed by atoms with Gasteiger partial charge in [0.25, 0.3) is 0 Å². The van der Waals surface area contributed by atoms with Crippen molar-refractivity contribution in [2.24, 2.45) is 0 Å². The molecular formula is C13H18N2O5S. The average Bonchev–Trinajstić information content (AvgIpc) is 2.92. The molecule has 0 spiro atoms. The van der Waals surface area contributed by atoms with Crippen molar-refractivity contribution >= 4 is 15.9 Å². The molecule has 2 rings (SSSR count). The van der Waals surface area contributed by atoms with Crippen LogP contribution in [0.15, 0.2) is 18.2 Å². The molecule has 1 amide bonds. The Balaban J connectivity index is 1.74. The third-order valence-electron chi connectivity index (χ3n) is 3.08. The van der Waals surface area contributed by atoms with Crippen molar-refractivity contribution in [2.75, 3.05) is 26.1 Å². The number of carbonyl (C=O) groups excluding carboxylic acids is 1. The number of carbonyl (C=O) groups is 1. The van der Waals surface area contributed by atoms with Crippen LogP contribution >= 0.6 is 0 Å². The lowest BCUT2D eigenvalue weighted by Gasteiger charge is -2.06. The maximum atomic E-state index is 11.6. The molecule has 1 heterocycles.